The lowest BCUT2D eigenvalue weighted by Gasteiger charge is -2.07. The summed E-state index contributed by atoms with van der Waals surface area (Å²) >= 11 is 15.1. The molecule has 1 amide bonds. The van der Waals surface area contributed by atoms with Crippen molar-refractivity contribution in [2.45, 2.75) is 12.4 Å². The van der Waals surface area contributed by atoms with E-state index in [1.165, 1.54) is 0 Å². The third-order valence-electron chi connectivity index (χ3n) is 2.78. The van der Waals surface area contributed by atoms with Crippen molar-refractivity contribution >= 4 is 45.0 Å². The maximum atomic E-state index is 12.0. The van der Waals surface area contributed by atoms with Crippen molar-refractivity contribution < 1.29 is 4.79 Å². The van der Waals surface area contributed by atoms with Crippen molar-refractivity contribution in [2.24, 2.45) is 0 Å². The highest BCUT2D eigenvalue weighted by atomic mass is 79.9. The molecule has 104 valence electrons. The van der Waals surface area contributed by atoms with Crippen LogP contribution in [0.25, 0.3) is 0 Å². The van der Waals surface area contributed by atoms with Gasteiger partial charge in [-0.05, 0) is 45.3 Å². The molecule has 5 heteroatoms. The summed E-state index contributed by atoms with van der Waals surface area (Å²) in [5.41, 5.74) is 2.58. The quantitative estimate of drug-likeness (QED) is 0.769. The predicted molar refractivity (Wildman–Crippen MR) is 86.3 cm³/mol. The minimum absolute atomic E-state index is 0.157. The predicted octanol–water partition coefficient (Wildman–Crippen LogP) is 4.77. The van der Waals surface area contributed by atoms with E-state index in [2.05, 4.69) is 21.2 Å². The van der Waals surface area contributed by atoms with Crippen LogP contribution in [0.3, 0.4) is 0 Å². The third-order valence-corrected chi connectivity index (χ3v) is 4.32. The van der Waals surface area contributed by atoms with E-state index in [9.17, 15) is 4.79 Å². The molecule has 0 aliphatic rings. The highest BCUT2D eigenvalue weighted by Crippen LogP contribution is 2.23. The van der Waals surface area contributed by atoms with E-state index in [0.717, 1.165) is 15.6 Å². The second kappa shape index (κ2) is 7.11. The first-order chi connectivity index (χ1) is 9.60. The van der Waals surface area contributed by atoms with Gasteiger partial charge in [0.2, 0.25) is 0 Å². The number of amides is 1. The normalized spacial score (nSPS) is 10.3. The Morgan fingerprint density at radius 2 is 1.90 bits per heavy atom. The molecule has 2 aromatic carbocycles. The number of carbonyl (C=O) groups excluding carboxylic acids is 1. The Morgan fingerprint density at radius 3 is 2.60 bits per heavy atom. The van der Waals surface area contributed by atoms with Gasteiger partial charge in [-0.15, -0.1) is 11.6 Å². The van der Waals surface area contributed by atoms with Crippen molar-refractivity contribution in [3.05, 3.63) is 68.7 Å². The molecular weight excluding hydrogens is 361 g/mol. The van der Waals surface area contributed by atoms with Crippen LogP contribution in [-0.2, 0) is 12.4 Å². The first-order valence-corrected chi connectivity index (χ1v) is 7.67. The molecule has 0 atom stereocenters. The topological polar surface area (TPSA) is 29.1 Å². The summed E-state index contributed by atoms with van der Waals surface area (Å²) < 4.78 is 0.769. The van der Waals surface area contributed by atoms with Crippen LogP contribution in [0.2, 0.25) is 5.02 Å². The molecule has 0 spiro atoms. The van der Waals surface area contributed by atoms with Crippen LogP contribution in [0.5, 0.6) is 0 Å². The fraction of sp³-hybridized carbons (Fsp3) is 0.133. The molecule has 20 heavy (non-hydrogen) atoms. The standard InChI is InChI=1S/C15H12BrCl2NO/c16-13-5-4-12(7-14(13)18)15(20)19-9-11-3-1-2-10(6-11)8-17/h1-7H,8-9H2,(H,19,20). The van der Waals surface area contributed by atoms with E-state index in [-0.39, 0.29) is 5.91 Å². The minimum Gasteiger partial charge on any atom is -0.348 e. The van der Waals surface area contributed by atoms with E-state index < -0.39 is 0 Å². The monoisotopic (exact) mass is 371 g/mol. The van der Waals surface area contributed by atoms with E-state index in [1.807, 2.05) is 24.3 Å². The van der Waals surface area contributed by atoms with Crippen molar-refractivity contribution in [1.82, 2.24) is 5.32 Å². The Hall–Kier alpha value is -1.03. The van der Waals surface area contributed by atoms with Crippen LogP contribution in [-0.4, -0.2) is 5.91 Å². The highest BCUT2D eigenvalue weighted by molar-refractivity contribution is 9.10. The SMILES string of the molecule is O=C(NCc1cccc(CCl)c1)c1ccc(Br)c(Cl)c1. The fourth-order valence-corrected chi connectivity index (χ4v) is 2.34. The van der Waals surface area contributed by atoms with Crippen LogP contribution < -0.4 is 5.32 Å². The van der Waals surface area contributed by atoms with Gasteiger partial charge in [0.1, 0.15) is 0 Å². The lowest BCUT2D eigenvalue weighted by Crippen LogP contribution is -2.22. The summed E-state index contributed by atoms with van der Waals surface area (Å²) in [6.45, 7) is 0.456. The average molecular weight is 373 g/mol. The summed E-state index contributed by atoms with van der Waals surface area (Å²) in [6.07, 6.45) is 0. The molecule has 0 aliphatic heterocycles. The van der Waals surface area contributed by atoms with Crippen molar-refractivity contribution in [1.29, 1.82) is 0 Å². The molecule has 0 saturated heterocycles. The molecule has 2 nitrogen and oxygen atoms in total. The van der Waals surface area contributed by atoms with E-state index in [4.69, 9.17) is 23.2 Å². The van der Waals surface area contributed by atoms with Crippen molar-refractivity contribution in [3.63, 3.8) is 0 Å². The van der Waals surface area contributed by atoms with Crippen LogP contribution in [0.15, 0.2) is 46.9 Å². The molecule has 0 heterocycles. The van der Waals surface area contributed by atoms with Gasteiger partial charge in [-0.1, -0.05) is 35.9 Å². The molecule has 2 aromatic rings. The molecule has 2 rings (SSSR count). The fourth-order valence-electron chi connectivity index (χ4n) is 1.74. The van der Waals surface area contributed by atoms with Gasteiger partial charge in [0.25, 0.3) is 5.91 Å². The van der Waals surface area contributed by atoms with Crippen LogP contribution in [0.1, 0.15) is 21.5 Å². The van der Waals surface area contributed by atoms with E-state index in [1.54, 1.807) is 18.2 Å². The van der Waals surface area contributed by atoms with E-state index >= 15 is 0 Å². The molecule has 0 radical (unpaired) electrons. The Kier molecular flexibility index (Phi) is 5.46. The zero-order chi connectivity index (χ0) is 14.5. The number of alkyl halides is 1. The van der Waals surface area contributed by atoms with Gasteiger partial charge in [-0.25, -0.2) is 0 Å². The lowest BCUT2D eigenvalue weighted by molar-refractivity contribution is 0.0951. The van der Waals surface area contributed by atoms with Gasteiger partial charge in [-0.3, -0.25) is 4.79 Å². The van der Waals surface area contributed by atoms with Gasteiger partial charge in [0, 0.05) is 22.5 Å². The first kappa shape index (κ1) is 15.4. The largest absolute Gasteiger partial charge is 0.348 e. The van der Waals surface area contributed by atoms with Crippen molar-refractivity contribution in [3.8, 4) is 0 Å². The molecule has 0 bridgehead atoms. The molecule has 0 unspecified atom stereocenters. The highest BCUT2D eigenvalue weighted by Gasteiger charge is 2.07. The smallest absolute Gasteiger partial charge is 0.251 e. The molecule has 0 saturated carbocycles. The second-order valence-electron chi connectivity index (χ2n) is 4.27. The first-order valence-electron chi connectivity index (χ1n) is 5.97. The number of rotatable bonds is 4. The van der Waals surface area contributed by atoms with Gasteiger partial charge < -0.3 is 5.32 Å². The zero-order valence-electron chi connectivity index (χ0n) is 10.5. The summed E-state index contributed by atoms with van der Waals surface area (Å²) in [4.78, 5) is 12.0. The number of benzene rings is 2. The van der Waals surface area contributed by atoms with Gasteiger partial charge >= 0.3 is 0 Å². The Labute approximate surface area is 136 Å². The van der Waals surface area contributed by atoms with Crippen molar-refractivity contribution in [2.75, 3.05) is 0 Å². The number of hydrogen-bond acceptors (Lipinski definition) is 1. The Balaban J connectivity index is 2.02. The molecule has 1 N–H and O–H groups in total. The van der Waals surface area contributed by atoms with Gasteiger partial charge in [0.15, 0.2) is 0 Å². The minimum atomic E-state index is -0.157. The van der Waals surface area contributed by atoms with Crippen LogP contribution >= 0.6 is 39.1 Å². The number of carbonyl (C=O) groups is 1. The number of nitrogens with one attached hydrogen (secondary N) is 1. The zero-order valence-corrected chi connectivity index (χ0v) is 13.6. The summed E-state index contributed by atoms with van der Waals surface area (Å²) in [5, 5.41) is 3.37. The number of hydrogen-bond donors (Lipinski definition) is 1. The number of halogens is 3. The summed E-state index contributed by atoms with van der Waals surface area (Å²) in [6, 6.07) is 12.9. The van der Waals surface area contributed by atoms with E-state index in [0.29, 0.717) is 23.0 Å². The van der Waals surface area contributed by atoms with Gasteiger partial charge in [0.05, 0.1) is 5.02 Å². The second-order valence-corrected chi connectivity index (χ2v) is 5.79. The summed E-state index contributed by atoms with van der Waals surface area (Å²) in [5.74, 6) is 0.306. The van der Waals surface area contributed by atoms with Crippen LogP contribution in [0, 0.1) is 0 Å². The maximum absolute atomic E-state index is 12.0. The molecular formula is C15H12BrCl2NO. The lowest BCUT2D eigenvalue weighted by atomic mass is 10.1. The molecule has 0 aliphatic carbocycles. The Morgan fingerprint density at radius 1 is 1.15 bits per heavy atom. The molecule has 0 fully saturated rings. The summed E-state index contributed by atoms with van der Waals surface area (Å²) in [7, 11) is 0. The van der Waals surface area contributed by atoms with Crippen LogP contribution in [0.4, 0.5) is 0 Å². The van der Waals surface area contributed by atoms with Gasteiger partial charge in [-0.2, -0.15) is 0 Å². The average Bonchev–Trinajstić information content (AvgIpc) is 2.47. The molecule has 0 aromatic heterocycles. The Bertz CT molecular complexity index is 631. The maximum Gasteiger partial charge on any atom is 0.251 e. The third kappa shape index (κ3) is 3.98.